The molecule has 3 atom stereocenters. The minimum absolute atomic E-state index is 0.0184. The van der Waals surface area contributed by atoms with Gasteiger partial charge in [-0.05, 0) is 38.5 Å². The van der Waals surface area contributed by atoms with E-state index in [2.05, 4.69) is 26.0 Å². The fraction of sp³-hybridized carbons (Fsp3) is 0.911. The Morgan fingerprint density at radius 2 is 0.929 bits per heavy atom. The lowest BCUT2D eigenvalue weighted by molar-refractivity contribution is -0.154. The molecule has 0 heterocycles. The fourth-order valence-electron chi connectivity index (χ4n) is 6.66. The van der Waals surface area contributed by atoms with E-state index in [-0.39, 0.29) is 13.0 Å². The van der Waals surface area contributed by atoms with E-state index in [0.29, 0.717) is 6.61 Å². The fourth-order valence-corrected chi connectivity index (χ4v) is 7.44. The zero-order valence-corrected chi connectivity index (χ0v) is 37.1. The number of rotatable bonds is 45. The molecule has 0 bridgehead atoms. The predicted octanol–water partition coefficient (Wildman–Crippen LogP) is 12.9. The molecule has 56 heavy (non-hydrogen) atoms. The number of phosphoric acid groups is 1. The second-order valence-corrected chi connectivity index (χ2v) is 17.3. The van der Waals surface area contributed by atoms with Crippen LogP contribution in [-0.2, 0) is 32.7 Å². The largest absolute Gasteiger partial charge is 0.480 e. The average Bonchev–Trinajstić information content (AvgIpc) is 3.18. The molecule has 0 aliphatic heterocycles. The molecule has 0 saturated heterocycles. The maximum absolute atomic E-state index is 12.6. The van der Waals surface area contributed by atoms with Crippen LogP contribution in [0, 0.1) is 0 Å². The molecule has 0 aromatic carbocycles. The molecule has 0 spiro atoms. The molecule has 0 amide bonds. The molecule has 0 radical (unpaired) electrons. The van der Waals surface area contributed by atoms with E-state index in [1.54, 1.807) is 0 Å². The molecule has 10 nitrogen and oxygen atoms in total. The van der Waals surface area contributed by atoms with Crippen molar-refractivity contribution in [2.45, 2.75) is 238 Å². The van der Waals surface area contributed by atoms with Gasteiger partial charge in [-0.15, -0.1) is 0 Å². The number of carbonyl (C=O) groups is 2. The second kappa shape index (κ2) is 41.9. The summed E-state index contributed by atoms with van der Waals surface area (Å²) in [5.41, 5.74) is 5.36. The molecule has 0 aromatic heterocycles. The quantitative estimate of drug-likeness (QED) is 0.0234. The highest BCUT2D eigenvalue weighted by molar-refractivity contribution is 7.47. The lowest BCUT2D eigenvalue weighted by Gasteiger charge is -2.20. The number of carboxylic acid groups (broad SMARTS) is 1. The van der Waals surface area contributed by atoms with Crippen LogP contribution >= 0.6 is 7.82 Å². The van der Waals surface area contributed by atoms with Gasteiger partial charge in [0.05, 0.1) is 19.8 Å². The lowest BCUT2D eigenvalue weighted by atomic mass is 10.0. The van der Waals surface area contributed by atoms with E-state index >= 15 is 0 Å². The Morgan fingerprint density at radius 1 is 0.554 bits per heavy atom. The first-order chi connectivity index (χ1) is 27.2. The first kappa shape index (κ1) is 54.7. The lowest BCUT2D eigenvalue weighted by Crippen LogP contribution is -2.34. The van der Waals surface area contributed by atoms with Crippen LogP contribution in [-0.4, -0.2) is 60.5 Å². The van der Waals surface area contributed by atoms with Crippen molar-refractivity contribution < 1.29 is 42.7 Å². The third-order valence-electron chi connectivity index (χ3n) is 10.3. The summed E-state index contributed by atoms with van der Waals surface area (Å²) >= 11 is 0. The van der Waals surface area contributed by atoms with Crippen molar-refractivity contribution in [3.63, 3.8) is 0 Å². The van der Waals surface area contributed by atoms with Crippen LogP contribution in [0.2, 0.25) is 0 Å². The van der Waals surface area contributed by atoms with Gasteiger partial charge in [0.25, 0.3) is 0 Å². The van der Waals surface area contributed by atoms with Gasteiger partial charge in [0.1, 0.15) is 12.1 Å². The highest BCUT2D eigenvalue weighted by atomic mass is 31.2. The van der Waals surface area contributed by atoms with Crippen molar-refractivity contribution in [1.29, 1.82) is 0 Å². The van der Waals surface area contributed by atoms with Gasteiger partial charge in [-0.1, -0.05) is 193 Å². The van der Waals surface area contributed by atoms with Crippen LogP contribution in [0.4, 0.5) is 0 Å². The van der Waals surface area contributed by atoms with Gasteiger partial charge in [0.15, 0.2) is 0 Å². The van der Waals surface area contributed by atoms with Crippen molar-refractivity contribution in [2.24, 2.45) is 5.73 Å². The van der Waals surface area contributed by atoms with Gasteiger partial charge in [-0.25, -0.2) is 4.57 Å². The number of hydrogen-bond acceptors (Lipinski definition) is 8. The molecule has 0 aliphatic rings. The van der Waals surface area contributed by atoms with Crippen molar-refractivity contribution in [1.82, 2.24) is 0 Å². The smallest absolute Gasteiger partial charge is 0.472 e. The summed E-state index contributed by atoms with van der Waals surface area (Å²) in [7, 11) is -4.61. The van der Waals surface area contributed by atoms with Gasteiger partial charge in [-0.3, -0.25) is 18.6 Å². The summed E-state index contributed by atoms with van der Waals surface area (Å²) < 4.78 is 33.4. The SMILES string of the molecule is CCCCCCCC/C=C\CCCCCCCCOCC(COP(=O)(O)OCC(N)C(=O)O)OC(=O)CCCCCCCCCCCCCCCCCCCC. The first-order valence-electron chi connectivity index (χ1n) is 23.2. The van der Waals surface area contributed by atoms with Gasteiger partial charge in [0.2, 0.25) is 0 Å². The summed E-state index contributed by atoms with van der Waals surface area (Å²) in [6, 6.07) is -1.47. The average molecular weight is 818 g/mol. The van der Waals surface area contributed by atoms with Crippen LogP contribution in [0.5, 0.6) is 0 Å². The summed E-state index contributed by atoms with van der Waals surface area (Å²) in [6.45, 7) is 3.90. The Morgan fingerprint density at radius 3 is 1.36 bits per heavy atom. The summed E-state index contributed by atoms with van der Waals surface area (Å²) in [5.74, 6) is -1.77. The van der Waals surface area contributed by atoms with Gasteiger partial charge in [0, 0.05) is 13.0 Å². The molecule has 0 saturated carbocycles. The molecule has 0 aromatic rings. The summed E-state index contributed by atoms with van der Waals surface area (Å²) in [5, 5.41) is 8.90. The van der Waals surface area contributed by atoms with Crippen LogP contribution < -0.4 is 5.73 Å². The number of ether oxygens (including phenoxy) is 2. The van der Waals surface area contributed by atoms with E-state index < -0.39 is 45.1 Å². The number of allylic oxidation sites excluding steroid dienone is 2. The predicted molar refractivity (Wildman–Crippen MR) is 231 cm³/mol. The zero-order chi connectivity index (χ0) is 41.2. The van der Waals surface area contributed by atoms with Crippen molar-refractivity contribution in [3.8, 4) is 0 Å². The third kappa shape index (κ3) is 40.9. The van der Waals surface area contributed by atoms with E-state index in [9.17, 15) is 19.0 Å². The number of unbranched alkanes of at least 4 members (excludes halogenated alkanes) is 29. The molecule has 0 aliphatic carbocycles. The number of phosphoric ester groups is 1. The maximum atomic E-state index is 12.6. The van der Waals surface area contributed by atoms with Crippen LogP contribution in [0.15, 0.2) is 12.2 Å². The third-order valence-corrected chi connectivity index (χ3v) is 11.2. The van der Waals surface area contributed by atoms with Crippen LogP contribution in [0.25, 0.3) is 0 Å². The van der Waals surface area contributed by atoms with E-state index in [1.165, 1.54) is 161 Å². The number of carboxylic acids is 1. The number of aliphatic carboxylic acids is 1. The summed E-state index contributed by atoms with van der Waals surface area (Å²) in [6.07, 6.45) is 44.0. The highest BCUT2D eigenvalue weighted by Gasteiger charge is 2.27. The minimum Gasteiger partial charge on any atom is -0.480 e. The highest BCUT2D eigenvalue weighted by Crippen LogP contribution is 2.43. The second-order valence-electron chi connectivity index (χ2n) is 15.9. The molecular formula is C45H88NO9P. The van der Waals surface area contributed by atoms with Crippen molar-refractivity contribution >= 4 is 19.8 Å². The van der Waals surface area contributed by atoms with Crippen LogP contribution in [0.3, 0.4) is 0 Å². The minimum atomic E-state index is -4.61. The number of hydrogen-bond donors (Lipinski definition) is 3. The normalized spacial score (nSPS) is 13.9. The van der Waals surface area contributed by atoms with Crippen molar-refractivity contribution in [3.05, 3.63) is 12.2 Å². The van der Waals surface area contributed by atoms with E-state index in [1.807, 2.05) is 0 Å². The van der Waals surface area contributed by atoms with Gasteiger partial charge < -0.3 is 25.2 Å². The topological polar surface area (TPSA) is 155 Å². The molecule has 0 fully saturated rings. The first-order valence-corrected chi connectivity index (χ1v) is 24.7. The Bertz CT molecular complexity index is 951. The Kier molecular flexibility index (Phi) is 40.9. The number of esters is 1. The van der Waals surface area contributed by atoms with Gasteiger partial charge in [-0.2, -0.15) is 0 Å². The Balaban J connectivity index is 4.17. The summed E-state index contributed by atoms with van der Waals surface area (Å²) in [4.78, 5) is 33.6. The van der Waals surface area contributed by atoms with E-state index in [0.717, 1.165) is 44.9 Å². The maximum Gasteiger partial charge on any atom is 0.472 e. The standard InChI is InChI=1S/C45H88NO9P/c1-3-5-7-9-11-13-15-17-19-21-22-23-25-27-29-31-33-35-37-44(47)55-42(40-53-56(50,51)54-41-43(46)45(48)49)39-52-38-36-34-32-30-28-26-24-20-18-16-14-12-10-8-6-4-2/h18,20,42-43H,3-17,19,21-41,46H2,1-2H3,(H,48,49)(H,50,51)/b20-18-. The number of carbonyl (C=O) groups excluding carboxylic acids is 1. The van der Waals surface area contributed by atoms with Crippen molar-refractivity contribution in [2.75, 3.05) is 26.4 Å². The molecular weight excluding hydrogens is 729 g/mol. The van der Waals surface area contributed by atoms with E-state index in [4.69, 9.17) is 29.4 Å². The molecule has 3 unspecified atom stereocenters. The van der Waals surface area contributed by atoms with Gasteiger partial charge >= 0.3 is 19.8 Å². The molecule has 4 N–H and O–H groups in total. The van der Waals surface area contributed by atoms with Crippen LogP contribution in [0.1, 0.15) is 226 Å². The molecule has 11 heteroatoms. The molecule has 0 rings (SSSR count). The Hall–Kier alpha value is -1.29. The molecule has 332 valence electrons. The zero-order valence-electron chi connectivity index (χ0n) is 36.2. The Labute approximate surface area is 343 Å². The number of nitrogens with two attached hydrogens (primary N) is 1. The monoisotopic (exact) mass is 818 g/mol.